The van der Waals surface area contributed by atoms with Gasteiger partial charge in [-0.25, -0.2) is 4.79 Å². The molecule has 3 aliphatic heterocycles. The van der Waals surface area contributed by atoms with Crippen molar-refractivity contribution in [3.8, 4) is 23.0 Å². The molecule has 0 unspecified atom stereocenters. The molecule has 1 saturated carbocycles. The third-order valence-corrected chi connectivity index (χ3v) is 12.1. The number of nitrogens with zero attached hydrogens (tertiary/aromatic N) is 3. The lowest BCUT2D eigenvalue weighted by molar-refractivity contribution is -0.256. The summed E-state index contributed by atoms with van der Waals surface area (Å²) in [5.74, 6) is 0.784. The number of allylic oxidation sites excluding steroid dienone is 1. The van der Waals surface area contributed by atoms with Gasteiger partial charge in [-0.05, 0) is 99.8 Å². The highest BCUT2D eigenvalue weighted by Gasteiger charge is 2.65. The quantitative estimate of drug-likeness (QED) is 0.0427. The molecular formula is C46H62ClN3O10. The van der Waals surface area contributed by atoms with Crippen molar-refractivity contribution in [1.29, 1.82) is 0 Å². The van der Waals surface area contributed by atoms with Gasteiger partial charge >= 0.3 is 6.09 Å². The van der Waals surface area contributed by atoms with E-state index in [1.54, 1.807) is 11.0 Å². The summed E-state index contributed by atoms with van der Waals surface area (Å²) < 4.78 is 38.1. The SMILES string of the molecule is C=CCO[C@@]12Oc3ccc(OCCN4CC4)cc3[C@H]3[C@H](CCCCO)[C@@H](CCCCO)C=C(C(=NOC(C)(C)C)C[C@@H]1N(Cc1ccc4c(c1)OCO4)C(=O)OCCCl)[C@H]32. The fourth-order valence-electron chi connectivity index (χ4n) is 9.26. The Morgan fingerprint density at radius 2 is 1.80 bits per heavy atom. The second-order valence-electron chi connectivity index (χ2n) is 17.3. The molecule has 0 spiro atoms. The highest BCUT2D eigenvalue weighted by molar-refractivity contribution is 6.18. The Morgan fingerprint density at radius 1 is 1.03 bits per heavy atom. The number of aliphatic hydroxyl groups is 2. The van der Waals surface area contributed by atoms with E-state index in [0.717, 1.165) is 67.8 Å². The van der Waals surface area contributed by atoms with Crippen LogP contribution in [-0.2, 0) is 20.9 Å². The van der Waals surface area contributed by atoms with Crippen LogP contribution in [0.25, 0.3) is 0 Å². The van der Waals surface area contributed by atoms with E-state index >= 15 is 0 Å². The minimum absolute atomic E-state index is 0.00320. The molecule has 2 aromatic rings. The Bertz CT molecular complexity index is 1860. The lowest BCUT2D eigenvalue weighted by Crippen LogP contribution is -2.70. The van der Waals surface area contributed by atoms with Gasteiger partial charge in [-0.2, -0.15) is 0 Å². The van der Waals surface area contributed by atoms with Gasteiger partial charge in [0.25, 0.3) is 0 Å². The predicted octanol–water partition coefficient (Wildman–Crippen LogP) is 7.42. The average molecular weight is 852 g/mol. The zero-order valence-corrected chi connectivity index (χ0v) is 36.1. The van der Waals surface area contributed by atoms with Crippen molar-refractivity contribution in [2.75, 3.05) is 65.3 Å². The summed E-state index contributed by atoms with van der Waals surface area (Å²) in [5.41, 5.74) is 2.83. The fourth-order valence-corrected chi connectivity index (χ4v) is 9.34. The molecule has 2 aliphatic carbocycles. The van der Waals surface area contributed by atoms with Crippen molar-refractivity contribution in [2.24, 2.45) is 22.9 Å². The van der Waals surface area contributed by atoms with E-state index in [0.29, 0.717) is 42.4 Å². The van der Waals surface area contributed by atoms with Crippen LogP contribution in [-0.4, -0.2) is 115 Å². The summed E-state index contributed by atoms with van der Waals surface area (Å²) in [6.07, 6.45) is 8.34. The molecule has 1 saturated heterocycles. The number of ether oxygens (including phenoxy) is 6. The van der Waals surface area contributed by atoms with Crippen molar-refractivity contribution in [1.82, 2.24) is 9.80 Å². The molecule has 6 atom stereocenters. The zero-order valence-electron chi connectivity index (χ0n) is 35.3. The maximum Gasteiger partial charge on any atom is 0.410 e. The number of amides is 1. The van der Waals surface area contributed by atoms with Gasteiger partial charge in [0.2, 0.25) is 12.6 Å². The third-order valence-electron chi connectivity index (χ3n) is 12.0. The molecule has 1 amide bonds. The van der Waals surface area contributed by atoms with Crippen molar-refractivity contribution >= 4 is 23.4 Å². The van der Waals surface area contributed by atoms with Crippen LogP contribution in [0, 0.1) is 17.8 Å². The summed E-state index contributed by atoms with van der Waals surface area (Å²) in [7, 11) is 0. The van der Waals surface area contributed by atoms with Gasteiger partial charge in [-0.15, -0.1) is 18.2 Å². The smallest absolute Gasteiger partial charge is 0.410 e. The number of hydrogen-bond acceptors (Lipinski definition) is 12. The lowest BCUT2D eigenvalue weighted by Gasteiger charge is -2.60. The van der Waals surface area contributed by atoms with E-state index in [9.17, 15) is 15.0 Å². The molecule has 5 aliphatic rings. The lowest BCUT2D eigenvalue weighted by atomic mass is 9.55. The standard InChI is InChI=1S/C46H62ClN3O10/c1-5-22-58-46-41(50(44(53)55-23-16-47)29-31-12-14-39-40(25-31)57-30-56-39)28-37(48-60-45(2,3)4)35-26-32(10-6-8-20-51)34(11-7-9-21-52)42(43(35)46)36-27-33(13-15-38(36)59-46)54-24-19-49-17-18-49/h5,12-15,25-27,32,34,41-43,51-52H,1,6-11,16-24,28-30H2,2-4H3/t32-,34+,41-,42+,43+,46+/m0/s1. The molecule has 0 bridgehead atoms. The molecule has 60 heavy (non-hydrogen) atoms. The number of carbonyl (C=O) groups is 1. The van der Waals surface area contributed by atoms with Crippen molar-refractivity contribution < 1.29 is 48.3 Å². The molecule has 2 N–H and O–H groups in total. The highest BCUT2D eigenvalue weighted by atomic mass is 35.5. The van der Waals surface area contributed by atoms with Crippen LogP contribution >= 0.6 is 11.6 Å². The minimum Gasteiger partial charge on any atom is -0.492 e. The molecule has 2 fully saturated rings. The molecular weight excluding hydrogens is 790 g/mol. The maximum absolute atomic E-state index is 14.6. The van der Waals surface area contributed by atoms with E-state index in [1.807, 2.05) is 51.1 Å². The number of fused-ring (bicyclic) bond motifs is 3. The van der Waals surface area contributed by atoms with Crippen molar-refractivity contribution in [3.05, 3.63) is 71.8 Å². The third kappa shape index (κ3) is 10.0. The normalized spacial score (nSPS) is 25.7. The number of hydrogen-bond donors (Lipinski definition) is 2. The Hall–Kier alpha value is -4.01. The average Bonchev–Trinajstić information content (AvgIpc) is 3.94. The molecule has 0 radical (unpaired) electrons. The number of rotatable bonds is 21. The summed E-state index contributed by atoms with van der Waals surface area (Å²) >= 11 is 6.11. The van der Waals surface area contributed by atoms with Crippen LogP contribution in [0.5, 0.6) is 23.0 Å². The van der Waals surface area contributed by atoms with E-state index < -0.39 is 29.4 Å². The molecule has 7 rings (SSSR count). The van der Waals surface area contributed by atoms with Gasteiger partial charge in [0.1, 0.15) is 36.4 Å². The number of carbonyl (C=O) groups excluding carboxylic acids is 1. The summed E-state index contributed by atoms with van der Waals surface area (Å²) in [4.78, 5) is 24.9. The number of unbranched alkanes of at least 4 members (excludes halogenated alkanes) is 2. The van der Waals surface area contributed by atoms with Crippen molar-refractivity contribution in [2.45, 2.75) is 95.6 Å². The van der Waals surface area contributed by atoms with Gasteiger partial charge in [0.05, 0.1) is 24.1 Å². The second-order valence-corrected chi connectivity index (χ2v) is 17.7. The Morgan fingerprint density at radius 3 is 2.53 bits per heavy atom. The van der Waals surface area contributed by atoms with Crippen molar-refractivity contribution in [3.63, 3.8) is 0 Å². The predicted molar refractivity (Wildman–Crippen MR) is 228 cm³/mol. The molecule has 13 nitrogen and oxygen atoms in total. The Kier molecular flexibility index (Phi) is 14.5. The summed E-state index contributed by atoms with van der Waals surface area (Å²) in [6.45, 7) is 14.1. The van der Waals surface area contributed by atoms with E-state index in [1.165, 1.54) is 0 Å². The van der Waals surface area contributed by atoms with Crippen LogP contribution < -0.4 is 18.9 Å². The first-order chi connectivity index (χ1) is 29.1. The van der Waals surface area contributed by atoms with Gasteiger partial charge in [-0.3, -0.25) is 9.80 Å². The Labute approximate surface area is 359 Å². The van der Waals surface area contributed by atoms with Gasteiger partial charge < -0.3 is 43.5 Å². The molecule has 14 heteroatoms. The zero-order chi connectivity index (χ0) is 42.3. The van der Waals surface area contributed by atoms with E-state index in [4.69, 9.17) is 50.0 Å². The molecule has 3 heterocycles. The van der Waals surface area contributed by atoms with E-state index in [-0.39, 0.29) is 69.8 Å². The number of halogens is 1. The van der Waals surface area contributed by atoms with Crippen LogP contribution in [0.4, 0.5) is 4.79 Å². The van der Waals surface area contributed by atoms with Crippen LogP contribution in [0.1, 0.15) is 82.8 Å². The fraction of sp³-hybridized carbons (Fsp3) is 0.609. The topological polar surface area (TPSA) is 141 Å². The minimum atomic E-state index is -1.46. The maximum atomic E-state index is 14.6. The summed E-state index contributed by atoms with van der Waals surface area (Å²) in [5, 5.41) is 24.8. The molecule has 2 aromatic carbocycles. The largest absolute Gasteiger partial charge is 0.492 e. The number of oxime groups is 1. The second kappa shape index (κ2) is 19.8. The van der Waals surface area contributed by atoms with Crippen LogP contribution in [0.3, 0.4) is 0 Å². The first-order valence-electron chi connectivity index (χ1n) is 21.6. The number of benzene rings is 2. The summed E-state index contributed by atoms with van der Waals surface area (Å²) in [6, 6.07) is 10.9. The molecule has 328 valence electrons. The van der Waals surface area contributed by atoms with Gasteiger partial charge in [-0.1, -0.05) is 36.2 Å². The first-order valence-corrected chi connectivity index (χ1v) is 22.1. The van der Waals surface area contributed by atoms with Gasteiger partial charge in [0, 0.05) is 57.3 Å². The Balaban J connectivity index is 1.43. The molecule has 0 aromatic heterocycles. The van der Waals surface area contributed by atoms with E-state index in [2.05, 4.69) is 23.6 Å². The monoisotopic (exact) mass is 851 g/mol. The van der Waals surface area contributed by atoms with Crippen LogP contribution in [0.2, 0.25) is 0 Å². The van der Waals surface area contributed by atoms with Crippen LogP contribution in [0.15, 0.2) is 65.9 Å². The number of aliphatic hydroxyl groups excluding tert-OH is 2. The van der Waals surface area contributed by atoms with Gasteiger partial charge in [0.15, 0.2) is 11.5 Å². The highest BCUT2D eigenvalue weighted by Crippen LogP contribution is 2.62. The number of alkyl halides is 1. The first kappa shape index (κ1) is 44.1.